The molecule has 0 spiro atoms. The minimum Gasteiger partial charge on any atom is -0.383 e. The Kier molecular flexibility index (Phi) is 8.19. The first-order valence-electron chi connectivity index (χ1n) is 10.8. The Balaban J connectivity index is 1.53. The Morgan fingerprint density at radius 1 is 1.09 bits per heavy atom. The number of aryl methyl sites for hydroxylation is 1. The number of rotatable bonds is 10. The van der Waals surface area contributed by atoms with Crippen LogP contribution in [0.1, 0.15) is 37.6 Å². The van der Waals surface area contributed by atoms with Crippen LogP contribution < -0.4 is 21.7 Å². The fourth-order valence-corrected chi connectivity index (χ4v) is 4.48. The minimum atomic E-state index is -0.642. The van der Waals surface area contributed by atoms with Crippen molar-refractivity contribution >= 4 is 39.1 Å². The molecule has 1 aromatic carbocycles. The lowest BCUT2D eigenvalue weighted by atomic mass is 10.0. The Bertz CT molecular complexity index is 1050. The largest absolute Gasteiger partial charge is 0.383 e. The molecule has 7 nitrogen and oxygen atoms in total. The second kappa shape index (κ2) is 11.1. The monoisotopic (exact) mass is 453 g/mol. The number of nitrogens with two attached hydrogens (primary N) is 1. The molecule has 2 aromatic heterocycles. The molecule has 0 radical (unpaired) electrons. The summed E-state index contributed by atoms with van der Waals surface area (Å²) < 4.78 is 1.03. The number of thiophene rings is 1. The van der Waals surface area contributed by atoms with Gasteiger partial charge in [0.15, 0.2) is 0 Å². The molecule has 0 bridgehead atoms. The van der Waals surface area contributed by atoms with Crippen LogP contribution in [-0.2, 0) is 22.6 Å². The van der Waals surface area contributed by atoms with Gasteiger partial charge in [-0.1, -0.05) is 44.2 Å². The molecule has 0 aliphatic rings. The fourth-order valence-electron chi connectivity index (χ4n) is 3.48. The van der Waals surface area contributed by atoms with Gasteiger partial charge in [-0.2, -0.15) is 0 Å². The molecule has 0 aliphatic heterocycles. The highest BCUT2D eigenvalue weighted by Gasteiger charge is 2.23. The number of hydrogen-bond acceptors (Lipinski definition) is 6. The van der Waals surface area contributed by atoms with E-state index in [4.69, 9.17) is 5.73 Å². The van der Waals surface area contributed by atoms with Crippen molar-refractivity contribution < 1.29 is 9.59 Å². The van der Waals surface area contributed by atoms with Crippen molar-refractivity contribution in [1.29, 1.82) is 0 Å². The van der Waals surface area contributed by atoms with Crippen LogP contribution in [0, 0.1) is 0 Å². The molecule has 2 amide bonds. The second-order valence-corrected chi connectivity index (χ2v) is 9.34. The van der Waals surface area contributed by atoms with E-state index >= 15 is 0 Å². The van der Waals surface area contributed by atoms with Crippen molar-refractivity contribution in [1.82, 2.24) is 20.9 Å². The molecule has 0 fully saturated rings. The van der Waals surface area contributed by atoms with E-state index in [-0.39, 0.29) is 23.9 Å². The lowest BCUT2D eigenvalue weighted by Gasteiger charge is -2.23. The number of carbonyl (C=O) groups is 2. The van der Waals surface area contributed by atoms with E-state index in [1.54, 1.807) is 24.5 Å². The van der Waals surface area contributed by atoms with Crippen LogP contribution in [0.4, 0.5) is 5.82 Å². The van der Waals surface area contributed by atoms with Gasteiger partial charge in [-0.15, -0.1) is 11.3 Å². The number of pyridine rings is 1. The molecule has 8 heteroatoms. The van der Waals surface area contributed by atoms with E-state index in [0.717, 1.165) is 21.4 Å². The molecule has 2 unspecified atom stereocenters. The summed E-state index contributed by atoms with van der Waals surface area (Å²) in [7, 11) is 0. The van der Waals surface area contributed by atoms with Crippen LogP contribution >= 0.6 is 11.3 Å². The maximum atomic E-state index is 12.9. The quantitative estimate of drug-likeness (QED) is 0.377. The predicted molar refractivity (Wildman–Crippen MR) is 130 cm³/mol. The van der Waals surface area contributed by atoms with Crippen molar-refractivity contribution in [3.8, 4) is 0 Å². The van der Waals surface area contributed by atoms with Gasteiger partial charge in [0.2, 0.25) is 11.8 Å². The zero-order chi connectivity index (χ0) is 23.1. The average molecular weight is 454 g/mol. The van der Waals surface area contributed by atoms with Crippen LogP contribution in [0.3, 0.4) is 0 Å². The Hall–Kier alpha value is -2.97. The van der Waals surface area contributed by atoms with Crippen LogP contribution in [0.5, 0.6) is 0 Å². The minimum absolute atomic E-state index is 0.153. The lowest BCUT2D eigenvalue weighted by Crippen LogP contribution is -2.52. The van der Waals surface area contributed by atoms with Crippen molar-refractivity contribution in [3.63, 3.8) is 0 Å². The topological polar surface area (TPSA) is 109 Å². The van der Waals surface area contributed by atoms with Gasteiger partial charge in [-0.25, -0.2) is 4.98 Å². The molecule has 0 saturated heterocycles. The van der Waals surface area contributed by atoms with Gasteiger partial charge in [0.05, 0.1) is 12.6 Å². The van der Waals surface area contributed by atoms with Gasteiger partial charge in [0.1, 0.15) is 11.9 Å². The SMILES string of the molecule is CC(C)NC(CCc1ccccc1)C(=O)NC(C)C(=O)NCc1cc2c(N)nccc2s1. The summed E-state index contributed by atoms with van der Waals surface area (Å²) in [6, 6.07) is 13.1. The van der Waals surface area contributed by atoms with Crippen molar-refractivity contribution in [2.45, 2.75) is 58.3 Å². The number of benzene rings is 1. The van der Waals surface area contributed by atoms with Crippen LogP contribution in [0.15, 0.2) is 48.7 Å². The Morgan fingerprint density at radius 2 is 1.84 bits per heavy atom. The van der Waals surface area contributed by atoms with Gasteiger partial charge < -0.3 is 21.7 Å². The van der Waals surface area contributed by atoms with Crippen molar-refractivity contribution in [3.05, 3.63) is 59.1 Å². The summed E-state index contributed by atoms with van der Waals surface area (Å²) in [5, 5.41) is 9.96. The highest BCUT2D eigenvalue weighted by Crippen LogP contribution is 2.28. The first-order valence-corrected chi connectivity index (χ1v) is 11.7. The normalized spacial score (nSPS) is 13.1. The number of anilines is 1. The average Bonchev–Trinajstić information content (AvgIpc) is 3.20. The van der Waals surface area contributed by atoms with E-state index < -0.39 is 6.04 Å². The van der Waals surface area contributed by atoms with Crippen LogP contribution in [0.2, 0.25) is 0 Å². The van der Waals surface area contributed by atoms with Crippen LogP contribution in [-0.4, -0.2) is 34.9 Å². The van der Waals surface area contributed by atoms with E-state index in [9.17, 15) is 9.59 Å². The number of amides is 2. The number of fused-ring (bicyclic) bond motifs is 1. The fraction of sp³-hybridized carbons (Fsp3) is 0.375. The van der Waals surface area contributed by atoms with Crippen molar-refractivity contribution in [2.75, 3.05) is 5.73 Å². The second-order valence-electron chi connectivity index (χ2n) is 8.17. The third-order valence-electron chi connectivity index (χ3n) is 5.13. The third-order valence-corrected chi connectivity index (χ3v) is 6.23. The van der Waals surface area contributed by atoms with Gasteiger partial charge in [-0.3, -0.25) is 9.59 Å². The van der Waals surface area contributed by atoms with E-state index in [0.29, 0.717) is 18.8 Å². The summed E-state index contributed by atoms with van der Waals surface area (Å²) in [6.07, 6.45) is 3.11. The molecule has 3 rings (SSSR count). The molecular formula is C24H31N5O2S. The molecule has 0 aliphatic carbocycles. The number of nitrogen functional groups attached to an aromatic ring is 1. The summed E-state index contributed by atoms with van der Waals surface area (Å²) >= 11 is 1.56. The van der Waals surface area contributed by atoms with E-state index in [1.807, 2.05) is 44.2 Å². The Labute approximate surface area is 192 Å². The summed E-state index contributed by atoms with van der Waals surface area (Å²) in [4.78, 5) is 30.5. The number of aromatic nitrogens is 1. The molecule has 32 heavy (non-hydrogen) atoms. The van der Waals surface area contributed by atoms with Gasteiger partial charge >= 0.3 is 0 Å². The van der Waals surface area contributed by atoms with Gasteiger partial charge in [-0.05, 0) is 37.5 Å². The molecular weight excluding hydrogens is 422 g/mol. The zero-order valence-corrected chi connectivity index (χ0v) is 19.5. The molecule has 2 atom stereocenters. The van der Waals surface area contributed by atoms with Crippen LogP contribution in [0.25, 0.3) is 10.1 Å². The zero-order valence-electron chi connectivity index (χ0n) is 18.7. The van der Waals surface area contributed by atoms with Gasteiger partial charge in [0.25, 0.3) is 0 Å². The maximum absolute atomic E-state index is 12.9. The smallest absolute Gasteiger partial charge is 0.242 e. The predicted octanol–water partition coefficient (Wildman–Crippen LogP) is 3.00. The molecule has 170 valence electrons. The standard InChI is InChI=1S/C24H31N5O2S/c1-15(2)28-20(10-9-17-7-5-4-6-8-17)24(31)29-16(3)23(30)27-14-18-13-19-21(32-18)11-12-26-22(19)25/h4-8,11-13,15-16,20,28H,9-10,14H2,1-3H3,(H2,25,26)(H,27,30)(H,29,31). The first kappa shape index (κ1) is 23.7. The third kappa shape index (κ3) is 6.51. The van der Waals surface area contributed by atoms with E-state index in [1.165, 1.54) is 5.56 Å². The summed E-state index contributed by atoms with van der Waals surface area (Å²) in [5.41, 5.74) is 7.09. The number of carbonyl (C=O) groups excluding carboxylic acids is 2. The highest BCUT2D eigenvalue weighted by molar-refractivity contribution is 7.19. The lowest BCUT2D eigenvalue weighted by molar-refractivity contribution is -0.129. The number of hydrogen-bond donors (Lipinski definition) is 4. The van der Waals surface area contributed by atoms with Gasteiger partial charge in [0, 0.05) is 27.2 Å². The Morgan fingerprint density at radius 3 is 2.53 bits per heavy atom. The molecule has 0 saturated carbocycles. The first-order chi connectivity index (χ1) is 15.3. The van der Waals surface area contributed by atoms with Crippen molar-refractivity contribution in [2.24, 2.45) is 0 Å². The highest BCUT2D eigenvalue weighted by atomic mass is 32.1. The number of nitrogens with one attached hydrogen (secondary N) is 3. The molecule has 3 aromatic rings. The number of nitrogens with zero attached hydrogens (tertiary/aromatic N) is 1. The summed E-state index contributed by atoms with van der Waals surface area (Å²) in [5.74, 6) is 0.0856. The molecule has 2 heterocycles. The van der Waals surface area contributed by atoms with E-state index in [2.05, 4.69) is 33.1 Å². The summed E-state index contributed by atoms with van der Waals surface area (Å²) in [6.45, 7) is 6.08. The molecule has 5 N–H and O–H groups in total. The maximum Gasteiger partial charge on any atom is 0.242 e.